The molecule has 1 rings (SSSR count). The molecule has 0 aliphatic rings. The van der Waals surface area contributed by atoms with Crippen molar-refractivity contribution in [3.8, 4) is 0 Å². The summed E-state index contributed by atoms with van der Waals surface area (Å²) in [7, 11) is 1.40. The zero-order chi connectivity index (χ0) is 12.0. The van der Waals surface area contributed by atoms with Gasteiger partial charge in [0, 0.05) is 18.3 Å². The van der Waals surface area contributed by atoms with E-state index < -0.39 is 0 Å². The van der Waals surface area contributed by atoms with Crippen molar-refractivity contribution in [1.82, 2.24) is 10.3 Å². The summed E-state index contributed by atoms with van der Waals surface area (Å²) in [5.41, 5.74) is 0.971. The fourth-order valence-electron chi connectivity index (χ4n) is 1.54. The molecule has 2 atom stereocenters. The Balaban J connectivity index is 2.45. The Morgan fingerprint density at radius 3 is 2.81 bits per heavy atom. The van der Waals surface area contributed by atoms with Gasteiger partial charge in [-0.1, -0.05) is 6.07 Å². The first-order valence-corrected chi connectivity index (χ1v) is 5.37. The molecule has 0 radical (unpaired) electrons. The van der Waals surface area contributed by atoms with Crippen LogP contribution < -0.4 is 5.32 Å². The molecule has 16 heavy (non-hydrogen) atoms. The lowest BCUT2D eigenvalue weighted by atomic mass is 10.1. The van der Waals surface area contributed by atoms with E-state index in [1.807, 2.05) is 32.0 Å². The number of carbonyl (C=O) groups excluding carboxylic acids is 1. The quantitative estimate of drug-likeness (QED) is 0.770. The second kappa shape index (κ2) is 6.23. The van der Waals surface area contributed by atoms with Gasteiger partial charge in [0.25, 0.3) is 0 Å². The van der Waals surface area contributed by atoms with Gasteiger partial charge in [-0.2, -0.15) is 0 Å². The average Bonchev–Trinajstić information content (AvgIpc) is 2.29. The van der Waals surface area contributed by atoms with E-state index in [2.05, 4.69) is 15.0 Å². The highest BCUT2D eigenvalue weighted by atomic mass is 16.5. The lowest BCUT2D eigenvalue weighted by Crippen LogP contribution is -2.31. The van der Waals surface area contributed by atoms with Crippen molar-refractivity contribution in [2.45, 2.75) is 32.4 Å². The Morgan fingerprint density at radius 2 is 2.25 bits per heavy atom. The van der Waals surface area contributed by atoms with Crippen LogP contribution in [0.25, 0.3) is 0 Å². The summed E-state index contributed by atoms with van der Waals surface area (Å²) < 4.78 is 4.61. The first-order chi connectivity index (χ1) is 7.63. The predicted molar refractivity (Wildman–Crippen MR) is 61.9 cm³/mol. The Bertz CT molecular complexity index is 327. The second-order valence-electron chi connectivity index (χ2n) is 3.82. The highest BCUT2D eigenvalue weighted by molar-refractivity contribution is 5.69. The number of nitrogens with one attached hydrogen (secondary N) is 1. The van der Waals surface area contributed by atoms with Crippen LogP contribution in [-0.2, 0) is 9.53 Å². The lowest BCUT2D eigenvalue weighted by molar-refractivity contribution is -0.141. The molecule has 4 heteroatoms. The molecule has 0 aromatic carbocycles. The number of aromatic nitrogens is 1. The van der Waals surface area contributed by atoms with Gasteiger partial charge < -0.3 is 10.1 Å². The Hall–Kier alpha value is -1.42. The summed E-state index contributed by atoms with van der Waals surface area (Å²) in [6.45, 7) is 3.98. The van der Waals surface area contributed by atoms with E-state index in [0.29, 0.717) is 6.42 Å². The molecule has 0 spiro atoms. The summed E-state index contributed by atoms with van der Waals surface area (Å²) >= 11 is 0. The maximum atomic E-state index is 11.1. The minimum absolute atomic E-state index is 0.0736. The lowest BCUT2D eigenvalue weighted by Gasteiger charge is -2.18. The monoisotopic (exact) mass is 222 g/mol. The number of nitrogens with zero attached hydrogens (tertiary/aromatic N) is 1. The third-order valence-electron chi connectivity index (χ3n) is 2.37. The van der Waals surface area contributed by atoms with Gasteiger partial charge in [-0.15, -0.1) is 0 Å². The van der Waals surface area contributed by atoms with Crippen molar-refractivity contribution in [2.24, 2.45) is 0 Å². The predicted octanol–water partition coefficient (Wildman–Crippen LogP) is 1.68. The molecule has 1 heterocycles. The van der Waals surface area contributed by atoms with Crippen LogP contribution in [0.1, 0.15) is 32.0 Å². The molecule has 1 aromatic heterocycles. The minimum Gasteiger partial charge on any atom is -0.469 e. The molecule has 0 saturated heterocycles. The van der Waals surface area contributed by atoms with Crippen LogP contribution in [0.4, 0.5) is 0 Å². The molecule has 0 saturated carbocycles. The van der Waals surface area contributed by atoms with Crippen molar-refractivity contribution >= 4 is 5.97 Å². The van der Waals surface area contributed by atoms with E-state index in [4.69, 9.17) is 0 Å². The minimum atomic E-state index is -0.201. The number of esters is 1. The topological polar surface area (TPSA) is 51.2 Å². The Labute approximate surface area is 96.0 Å². The molecule has 88 valence electrons. The molecule has 0 aliphatic carbocycles. The zero-order valence-corrected chi connectivity index (χ0v) is 9.93. The Morgan fingerprint density at radius 1 is 1.50 bits per heavy atom. The van der Waals surface area contributed by atoms with Crippen LogP contribution in [0.2, 0.25) is 0 Å². The molecular weight excluding hydrogens is 204 g/mol. The Kier molecular flexibility index (Phi) is 4.92. The van der Waals surface area contributed by atoms with Crippen LogP contribution >= 0.6 is 0 Å². The summed E-state index contributed by atoms with van der Waals surface area (Å²) in [6.07, 6.45) is 2.13. The van der Waals surface area contributed by atoms with Crippen LogP contribution in [0.5, 0.6) is 0 Å². The molecule has 1 aromatic rings. The van der Waals surface area contributed by atoms with Gasteiger partial charge in [-0.05, 0) is 26.0 Å². The molecule has 2 unspecified atom stereocenters. The van der Waals surface area contributed by atoms with Gasteiger partial charge in [0.15, 0.2) is 0 Å². The van der Waals surface area contributed by atoms with E-state index in [1.165, 1.54) is 7.11 Å². The number of methoxy groups -OCH3 is 1. The summed E-state index contributed by atoms with van der Waals surface area (Å²) in [4.78, 5) is 15.3. The van der Waals surface area contributed by atoms with E-state index in [0.717, 1.165) is 5.69 Å². The summed E-state index contributed by atoms with van der Waals surface area (Å²) in [5.74, 6) is -0.201. The van der Waals surface area contributed by atoms with E-state index in [-0.39, 0.29) is 18.1 Å². The largest absolute Gasteiger partial charge is 0.469 e. The van der Waals surface area contributed by atoms with Crippen molar-refractivity contribution in [3.63, 3.8) is 0 Å². The maximum absolute atomic E-state index is 11.1. The van der Waals surface area contributed by atoms with Crippen LogP contribution in [0.3, 0.4) is 0 Å². The van der Waals surface area contributed by atoms with Crippen LogP contribution in [-0.4, -0.2) is 24.1 Å². The fourth-order valence-corrected chi connectivity index (χ4v) is 1.54. The number of ether oxygens (including phenoxy) is 1. The number of rotatable bonds is 5. The highest BCUT2D eigenvalue weighted by Crippen LogP contribution is 2.09. The third-order valence-corrected chi connectivity index (χ3v) is 2.37. The van der Waals surface area contributed by atoms with Gasteiger partial charge >= 0.3 is 5.97 Å². The van der Waals surface area contributed by atoms with E-state index in [1.54, 1.807) is 6.20 Å². The zero-order valence-electron chi connectivity index (χ0n) is 9.93. The number of hydrogen-bond donors (Lipinski definition) is 1. The third kappa shape index (κ3) is 3.98. The molecule has 4 nitrogen and oxygen atoms in total. The van der Waals surface area contributed by atoms with E-state index in [9.17, 15) is 4.79 Å². The number of carbonyl (C=O) groups is 1. The van der Waals surface area contributed by atoms with Crippen molar-refractivity contribution < 1.29 is 9.53 Å². The molecule has 0 aliphatic heterocycles. The van der Waals surface area contributed by atoms with Crippen molar-refractivity contribution in [3.05, 3.63) is 30.1 Å². The smallest absolute Gasteiger partial charge is 0.307 e. The van der Waals surface area contributed by atoms with Crippen LogP contribution in [0, 0.1) is 0 Å². The fraction of sp³-hybridized carbons (Fsp3) is 0.500. The van der Waals surface area contributed by atoms with Crippen molar-refractivity contribution in [1.29, 1.82) is 0 Å². The van der Waals surface area contributed by atoms with Gasteiger partial charge in [-0.25, -0.2) is 0 Å². The molecule has 0 fully saturated rings. The molecule has 0 bridgehead atoms. The normalized spacial score (nSPS) is 14.2. The number of hydrogen-bond acceptors (Lipinski definition) is 4. The first-order valence-electron chi connectivity index (χ1n) is 5.37. The summed E-state index contributed by atoms with van der Waals surface area (Å²) in [5, 5.41) is 3.30. The van der Waals surface area contributed by atoms with Gasteiger partial charge in [-0.3, -0.25) is 9.78 Å². The molecule has 0 amide bonds. The van der Waals surface area contributed by atoms with Crippen molar-refractivity contribution in [2.75, 3.05) is 7.11 Å². The van der Waals surface area contributed by atoms with Gasteiger partial charge in [0.2, 0.25) is 0 Å². The molecular formula is C12H18N2O2. The SMILES string of the molecule is COC(=O)CC(C)NC(C)c1ccccn1. The standard InChI is InChI=1S/C12H18N2O2/c1-9(8-12(15)16-3)14-10(2)11-6-4-5-7-13-11/h4-7,9-10,14H,8H2,1-3H3. The second-order valence-corrected chi connectivity index (χ2v) is 3.82. The average molecular weight is 222 g/mol. The van der Waals surface area contributed by atoms with Gasteiger partial charge in [0.1, 0.15) is 0 Å². The van der Waals surface area contributed by atoms with E-state index >= 15 is 0 Å². The maximum Gasteiger partial charge on any atom is 0.307 e. The van der Waals surface area contributed by atoms with Gasteiger partial charge in [0.05, 0.1) is 19.2 Å². The number of pyridine rings is 1. The molecule has 1 N–H and O–H groups in total. The van der Waals surface area contributed by atoms with Crippen LogP contribution in [0.15, 0.2) is 24.4 Å². The summed E-state index contributed by atoms with van der Waals surface area (Å²) in [6, 6.07) is 5.99. The first kappa shape index (κ1) is 12.6. The highest BCUT2D eigenvalue weighted by Gasteiger charge is 2.13.